The minimum absolute atomic E-state index is 0.295. The number of H-pyrrole nitrogens is 1. The van der Waals surface area contributed by atoms with E-state index in [-0.39, 0.29) is 0 Å². The van der Waals surface area contributed by atoms with Crippen molar-refractivity contribution in [2.45, 2.75) is 38.2 Å². The second-order valence-electron chi connectivity index (χ2n) is 7.93. The SMILES string of the molecule is COc1ccc(-c2nc(-c3ccc(-c4ccc(OC5CCCCC5)nc4)nc3)n[nH]2)cc1. The molecule has 4 aromatic rings. The molecular weight excluding hydrogens is 402 g/mol. The number of aromatic nitrogens is 5. The van der Waals surface area contributed by atoms with Crippen LogP contribution in [0.25, 0.3) is 34.0 Å². The first-order valence-electron chi connectivity index (χ1n) is 10.9. The largest absolute Gasteiger partial charge is 0.497 e. The van der Waals surface area contributed by atoms with E-state index in [0.29, 0.717) is 23.6 Å². The molecule has 162 valence electrons. The lowest BCUT2D eigenvalue weighted by Crippen LogP contribution is -2.20. The Morgan fingerprint density at radius 1 is 0.812 bits per heavy atom. The summed E-state index contributed by atoms with van der Waals surface area (Å²) in [6.45, 7) is 0. The molecule has 1 aliphatic rings. The second-order valence-corrected chi connectivity index (χ2v) is 7.93. The smallest absolute Gasteiger partial charge is 0.213 e. The van der Waals surface area contributed by atoms with Crippen LogP contribution in [0, 0.1) is 0 Å². The molecule has 1 fully saturated rings. The maximum absolute atomic E-state index is 6.02. The Morgan fingerprint density at radius 2 is 1.56 bits per heavy atom. The van der Waals surface area contributed by atoms with E-state index in [4.69, 9.17) is 9.47 Å². The fraction of sp³-hybridized carbons (Fsp3) is 0.280. The molecule has 0 spiro atoms. The van der Waals surface area contributed by atoms with Crippen molar-refractivity contribution in [3.05, 3.63) is 60.9 Å². The van der Waals surface area contributed by atoms with Crippen LogP contribution in [0.4, 0.5) is 0 Å². The average molecular weight is 428 g/mol. The molecule has 5 rings (SSSR count). The number of hydrogen-bond donors (Lipinski definition) is 1. The molecule has 32 heavy (non-hydrogen) atoms. The van der Waals surface area contributed by atoms with Crippen molar-refractivity contribution in [2.75, 3.05) is 7.11 Å². The monoisotopic (exact) mass is 427 g/mol. The molecule has 7 heteroatoms. The molecule has 0 aliphatic heterocycles. The Morgan fingerprint density at radius 3 is 2.25 bits per heavy atom. The van der Waals surface area contributed by atoms with Crippen LogP contribution >= 0.6 is 0 Å². The van der Waals surface area contributed by atoms with Gasteiger partial charge in [-0.25, -0.2) is 9.97 Å². The Hall–Kier alpha value is -3.74. The van der Waals surface area contributed by atoms with Crippen LogP contribution in [0.5, 0.6) is 11.6 Å². The zero-order valence-electron chi connectivity index (χ0n) is 18.0. The number of nitrogens with zero attached hydrogens (tertiary/aromatic N) is 4. The summed E-state index contributed by atoms with van der Waals surface area (Å²) < 4.78 is 11.2. The van der Waals surface area contributed by atoms with Gasteiger partial charge in [-0.05, 0) is 68.1 Å². The van der Waals surface area contributed by atoms with Gasteiger partial charge in [-0.3, -0.25) is 10.1 Å². The van der Waals surface area contributed by atoms with E-state index in [1.165, 1.54) is 19.3 Å². The van der Waals surface area contributed by atoms with Crippen LogP contribution in [0.1, 0.15) is 32.1 Å². The summed E-state index contributed by atoms with van der Waals surface area (Å²) in [5.74, 6) is 2.79. The molecule has 0 radical (unpaired) electrons. The molecular formula is C25H25N5O2. The second kappa shape index (κ2) is 9.18. The van der Waals surface area contributed by atoms with E-state index in [2.05, 4.69) is 25.1 Å². The highest BCUT2D eigenvalue weighted by atomic mass is 16.5. The fourth-order valence-electron chi connectivity index (χ4n) is 3.92. The van der Waals surface area contributed by atoms with Gasteiger partial charge in [0.25, 0.3) is 0 Å². The number of aromatic amines is 1. The molecule has 0 unspecified atom stereocenters. The summed E-state index contributed by atoms with van der Waals surface area (Å²) in [5, 5.41) is 7.33. The van der Waals surface area contributed by atoms with Gasteiger partial charge in [0.05, 0.1) is 12.8 Å². The predicted octanol–water partition coefficient (Wildman–Crippen LogP) is 5.32. The highest BCUT2D eigenvalue weighted by molar-refractivity contribution is 5.64. The van der Waals surface area contributed by atoms with Crippen molar-refractivity contribution < 1.29 is 9.47 Å². The molecule has 7 nitrogen and oxygen atoms in total. The van der Waals surface area contributed by atoms with E-state index in [1.807, 2.05) is 54.7 Å². The van der Waals surface area contributed by atoms with Crippen LogP contribution in [0.3, 0.4) is 0 Å². The summed E-state index contributed by atoms with van der Waals surface area (Å²) in [7, 11) is 1.65. The van der Waals surface area contributed by atoms with Crippen molar-refractivity contribution >= 4 is 0 Å². The van der Waals surface area contributed by atoms with E-state index < -0.39 is 0 Å². The van der Waals surface area contributed by atoms with E-state index in [0.717, 1.165) is 41.0 Å². The third kappa shape index (κ3) is 4.46. The lowest BCUT2D eigenvalue weighted by molar-refractivity contribution is 0.148. The number of benzene rings is 1. The van der Waals surface area contributed by atoms with Gasteiger partial charge in [-0.1, -0.05) is 6.42 Å². The van der Waals surface area contributed by atoms with Crippen LogP contribution in [-0.4, -0.2) is 38.4 Å². The van der Waals surface area contributed by atoms with Gasteiger partial charge >= 0.3 is 0 Å². The number of rotatable bonds is 6. The van der Waals surface area contributed by atoms with Crippen molar-refractivity contribution in [1.29, 1.82) is 0 Å². The minimum atomic E-state index is 0.295. The standard InChI is InChI=1S/C25H25N5O2/c1-31-20-11-7-17(8-12-20)24-28-25(30-29-24)19-9-13-22(26-16-19)18-10-14-23(27-15-18)32-21-5-3-2-4-6-21/h7-16,21H,2-6H2,1H3,(H,28,29,30). The Labute approximate surface area is 186 Å². The molecule has 1 N–H and O–H groups in total. The summed E-state index contributed by atoms with van der Waals surface area (Å²) in [6.07, 6.45) is 9.92. The summed E-state index contributed by atoms with van der Waals surface area (Å²) in [6, 6.07) is 15.5. The first-order valence-corrected chi connectivity index (χ1v) is 10.9. The minimum Gasteiger partial charge on any atom is -0.497 e. The summed E-state index contributed by atoms with van der Waals surface area (Å²) in [5.41, 5.74) is 3.57. The fourth-order valence-corrected chi connectivity index (χ4v) is 3.92. The Balaban J connectivity index is 1.27. The first kappa shape index (κ1) is 20.2. The number of ether oxygens (including phenoxy) is 2. The molecule has 1 aliphatic carbocycles. The molecule has 0 amide bonds. The lowest BCUT2D eigenvalue weighted by atomic mass is 9.98. The van der Waals surface area contributed by atoms with Crippen LogP contribution in [-0.2, 0) is 0 Å². The Bertz CT molecular complexity index is 1150. The van der Waals surface area contributed by atoms with E-state index in [9.17, 15) is 0 Å². The molecule has 0 bridgehead atoms. The van der Waals surface area contributed by atoms with Crippen LogP contribution in [0.2, 0.25) is 0 Å². The zero-order chi connectivity index (χ0) is 21.8. The quantitative estimate of drug-likeness (QED) is 0.448. The third-order valence-electron chi connectivity index (χ3n) is 5.74. The maximum atomic E-state index is 6.02. The Kier molecular flexibility index (Phi) is 5.79. The van der Waals surface area contributed by atoms with Gasteiger partial charge in [-0.15, -0.1) is 0 Å². The average Bonchev–Trinajstić information content (AvgIpc) is 3.36. The van der Waals surface area contributed by atoms with Gasteiger partial charge in [0.1, 0.15) is 11.9 Å². The van der Waals surface area contributed by atoms with E-state index >= 15 is 0 Å². The van der Waals surface area contributed by atoms with Crippen LogP contribution in [0.15, 0.2) is 60.9 Å². The summed E-state index contributed by atoms with van der Waals surface area (Å²) >= 11 is 0. The highest BCUT2D eigenvalue weighted by Gasteiger charge is 2.15. The molecule has 0 atom stereocenters. The zero-order valence-corrected chi connectivity index (χ0v) is 18.0. The van der Waals surface area contributed by atoms with Crippen molar-refractivity contribution in [1.82, 2.24) is 25.1 Å². The molecule has 3 aromatic heterocycles. The third-order valence-corrected chi connectivity index (χ3v) is 5.74. The van der Waals surface area contributed by atoms with Crippen molar-refractivity contribution in [3.8, 4) is 45.7 Å². The van der Waals surface area contributed by atoms with Crippen LogP contribution < -0.4 is 9.47 Å². The van der Waals surface area contributed by atoms with Gasteiger partial charge in [0.2, 0.25) is 5.88 Å². The van der Waals surface area contributed by atoms with Crippen molar-refractivity contribution in [2.24, 2.45) is 0 Å². The van der Waals surface area contributed by atoms with Gasteiger partial charge in [0, 0.05) is 35.2 Å². The molecule has 1 saturated carbocycles. The highest BCUT2D eigenvalue weighted by Crippen LogP contribution is 2.26. The van der Waals surface area contributed by atoms with E-state index in [1.54, 1.807) is 13.3 Å². The lowest BCUT2D eigenvalue weighted by Gasteiger charge is -2.22. The summed E-state index contributed by atoms with van der Waals surface area (Å²) in [4.78, 5) is 13.7. The van der Waals surface area contributed by atoms with Gasteiger partial charge in [-0.2, -0.15) is 5.10 Å². The normalized spacial score (nSPS) is 14.3. The van der Waals surface area contributed by atoms with Gasteiger partial charge in [0.15, 0.2) is 11.6 Å². The topological polar surface area (TPSA) is 85.8 Å². The number of pyridine rings is 2. The number of methoxy groups -OCH3 is 1. The first-order chi connectivity index (χ1) is 15.8. The maximum Gasteiger partial charge on any atom is 0.213 e. The number of hydrogen-bond acceptors (Lipinski definition) is 6. The number of nitrogens with one attached hydrogen (secondary N) is 1. The molecule has 1 aromatic carbocycles. The predicted molar refractivity (Wildman–Crippen MR) is 122 cm³/mol. The van der Waals surface area contributed by atoms with Gasteiger partial charge < -0.3 is 9.47 Å². The molecule has 3 heterocycles. The molecule has 0 saturated heterocycles. The van der Waals surface area contributed by atoms with Crippen molar-refractivity contribution in [3.63, 3.8) is 0 Å².